The van der Waals surface area contributed by atoms with Gasteiger partial charge in [-0.3, -0.25) is 9.59 Å². The van der Waals surface area contributed by atoms with Crippen molar-refractivity contribution in [2.24, 2.45) is 13.0 Å². The second-order valence-electron chi connectivity index (χ2n) is 8.08. The van der Waals surface area contributed by atoms with Crippen LogP contribution in [0.4, 0.5) is 5.69 Å². The summed E-state index contributed by atoms with van der Waals surface area (Å²) in [6.07, 6.45) is 3.27. The molecule has 2 heterocycles. The molecular formula is C24H26N4O2. The molecule has 154 valence electrons. The SMILES string of the molecule is CC(C)CCn1ccc2c(NC(=O)Cc3nn(C)c(=O)c4ccccc34)cccc21. The maximum atomic E-state index is 12.8. The van der Waals surface area contributed by atoms with Crippen LogP contribution in [0, 0.1) is 5.92 Å². The number of hydrogen-bond donors (Lipinski definition) is 1. The highest BCUT2D eigenvalue weighted by molar-refractivity contribution is 6.02. The van der Waals surface area contributed by atoms with Gasteiger partial charge in [0.25, 0.3) is 5.56 Å². The van der Waals surface area contributed by atoms with E-state index in [2.05, 4.69) is 41.1 Å². The molecule has 1 amide bonds. The van der Waals surface area contributed by atoms with Crippen molar-refractivity contribution in [3.8, 4) is 0 Å². The quantitative estimate of drug-likeness (QED) is 0.528. The monoisotopic (exact) mass is 402 g/mol. The third-order valence-electron chi connectivity index (χ3n) is 5.40. The van der Waals surface area contributed by atoms with Crippen molar-refractivity contribution >= 4 is 33.3 Å². The lowest BCUT2D eigenvalue weighted by atomic mass is 10.1. The second kappa shape index (κ2) is 8.14. The predicted octanol–water partition coefficient (Wildman–Crippen LogP) is 4.12. The van der Waals surface area contributed by atoms with Gasteiger partial charge in [0, 0.05) is 30.6 Å². The van der Waals surface area contributed by atoms with E-state index in [0.29, 0.717) is 22.4 Å². The Labute approximate surface area is 175 Å². The van der Waals surface area contributed by atoms with Gasteiger partial charge >= 0.3 is 0 Å². The molecule has 0 saturated heterocycles. The van der Waals surface area contributed by atoms with E-state index in [1.807, 2.05) is 36.4 Å². The van der Waals surface area contributed by atoms with Crippen LogP contribution >= 0.6 is 0 Å². The highest BCUT2D eigenvalue weighted by atomic mass is 16.1. The zero-order valence-corrected chi connectivity index (χ0v) is 17.6. The molecule has 4 rings (SSSR count). The smallest absolute Gasteiger partial charge is 0.274 e. The van der Waals surface area contributed by atoms with E-state index in [0.717, 1.165) is 29.6 Å². The Morgan fingerprint density at radius 3 is 2.57 bits per heavy atom. The fourth-order valence-corrected chi connectivity index (χ4v) is 3.78. The van der Waals surface area contributed by atoms with Crippen molar-refractivity contribution in [1.82, 2.24) is 14.3 Å². The maximum Gasteiger partial charge on any atom is 0.274 e. The Hall–Kier alpha value is -3.41. The van der Waals surface area contributed by atoms with Gasteiger partial charge in [0.15, 0.2) is 0 Å². The summed E-state index contributed by atoms with van der Waals surface area (Å²) in [4.78, 5) is 25.1. The first-order valence-electron chi connectivity index (χ1n) is 10.3. The minimum atomic E-state index is -0.165. The summed E-state index contributed by atoms with van der Waals surface area (Å²) in [5, 5.41) is 9.67. The predicted molar refractivity (Wildman–Crippen MR) is 121 cm³/mol. The second-order valence-corrected chi connectivity index (χ2v) is 8.08. The van der Waals surface area contributed by atoms with Gasteiger partial charge < -0.3 is 9.88 Å². The van der Waals surface area contributed by atoms with Gasteiger partial charge in [-0.25, -0.2) is 4.68 Å². The van der Waals surface area contributed by atoms with E-state index in [9.17, 15) is 9.59 Å². The van der Waals surface area contributed by atoms with Gasteiger partial charge in [-0.15, -0.1) is 0 Å². The van der Waals surface area contributed by atoms with Crippen molar-refractivity contribution < 1.29 is 4.79 Å². The first-order valence-corrected chi connectivity index (χ1v) is 10.3. The molecular weight excluding hydrogens is 376 g/mol. The van der Waals surface area contributed by atoms with Crippen LogP contribution < -0.4 is 10.9 Å². The molecule has 0 unspecified atom stereocenters. The lowest BCUT2D eigenvalue weighted by molar-refractivity contribution is -0.115. The number of amides is 1. The minimum Gasteiger partial charge on any atom is -0.347 e. The third-order valence-corrected chi connectivity index (χ3v) is 5.40. The Kier molecular flexibility index (Phi) is 5.40. The van der Waals surface area contributed by atoms with Gasteiger partial charge in [0.05, 0.1) is 28.7 Å². The number of fused-ring (bicyclic) bond motifs is 2. The Morgan fingerprint density at radius 2 is 1.80 bits per heavy atom. The Morgan fingerprint density at radius 1 is 1.03 bits per heavy atom. The normalized spacial score (nSPS) is 11.5. The molecule has 0 bridgehead atoms. The summed E-state index contributed by atoms with van der Waals surface area (Å²) in [6.45, 7) is 5.38. The van der Waals surface area contributed by atoms with E-state index >= 15 is 0 Å². The lowest BCUT2D eigenvalue weighted by Crippen LogP contribution is -2.24. The molecule has 4 aromatic rings. The van der Waals surface area contributed by atoms with Crippen LogP contribution in [-0.2, 0) is 24.8 Å². The summed E-state index contributed by atoms with van der Waals surface area (Å²) >= 11 is 0. The van der Waals surface area contributed by atoms with E-state index in [4.69, 9.17) is 0 Å². The van der Waals surface area contributed by atoms with Crippen LogP contribution in [0.5, 0.6) is 0 Å². The highest BCUT2D eigenvalue weighted by Gasteiger charge is 2.14. The first kappa shape index (κ1) is 19.9. The molecule has 0 saturated carbocycles. The van der Waals surface area contributed by atoms with Gasteiger partial charge in [-0.2, -0.15) is 5.10 Å². The molecule has 1 N–H and O–H groups in total. The lowest BCUT2D eigenvalue weighted by Gasteiger charge is -2.11. The number of rotatable bonds is 6. The molecule has 0 aliphatic carbocycles. The number of hydrogen-bond acceptors (Lipinski definition) is 3. The topological polar surface area (TPSA) is 68.9 Å². The van der Waals surface area contributed by atoms with Crippen molar-refractivity contribution in [3.05, 3.63) is 70.8 Å². The fraction of sp³-hybridized carbons (Fsp3) is 0.292. The Balaban J connectivity index is 1.60. The molecule has 2 aromatic heterocycles. The molecule has 0 aliphatic rings. The summed E-state index contributed by atoms with van der Waals surface area (Å²) in [7, 11) is 1.61. The summed E-state index contributed by atoms with van der Waals surface area (Å²) in [5.41, 5.74) is 2.32. The van der Waals surface area contributed by atoms with Crippen molar-refractivity contribution in [2.75, 3.05) is 5.32 Å². The molecule has 0 spiro atoms. The maximum absolute atomic E-state index is 12.8. The van der Waals surface area contributed by atoms with Crippen LogP contribution in [0.1, 0.15) is 26.0 Å². The highest BCUT2D eigenvalue weighted by Crippen LogP contribution is 2.25. The van der Waals surface area contributed by atoms with Crippen LogP contribution in [0.2, 0.25) is 0 Å². The van der Waals surface area contributed by atoms with Crippen LogP contribution in [0.25, 0.3) is 21.7 Å². The van der Waals surface area contributed by atoms with Crippen LogP contribution in [0.15, 0.2) is 59.5 Å². The van der Waals surface area contributed by atoms with E-state index in [1.165, 1.54) is 4.68 Å². The number of nitrogens with one attached hydrogen (secondary N) is 1. The Bertz CT molecular complexity index is 1280. The number of anilines is 1. The number of benzene rings is 2. The van der Waals surface area contributed by atoms with Crippen LogP contribution in [0.3, 0.4) is 0 Å². The standard InChI is InChI=1S/C24H26N4O2/c1-16(2)11-13-28-14-12-19-20(9-6-10-22(19)28)25-23(29)15-21-17-7-4-5-8-18(17)24(30)27(3)26-21/h4-10,12,14,16H,11,13,15H2,1-3H3,(H,25,29). The van der Waals surface area contributed by atoms with Crippen molar-refractivity contribution in [2.45, 2.75) is 33.2 Å². The first-order chi connectivity index (χ1) is 14.4. The fourth-order valence-electron chi connectivity index (χ4n) is 3.78. The third kappa shape index (κ3) is 3.85. The molecule has 30 heavy (non-hydrogen) atoms. The average Bonchev–Trinajstić information content (AvgIpc) is 3.14. The van der Waals surface area contributed by atoms with E-state index in [1.54, 1.807) is 13.1 Å². The molecule has 0 radical (unpaired) electrons. The number of carbonyl (C=O) groups excluding carboxylic acids is 1. The zero-order chi connectivity index (χ0) is 21.3. The largest absolute Gasteiger partial charge is 0.347 e. The molecule has 0 atom stereocenters. The molecule has 2 aromatic carbocycles. The molecule has 0 fully saturated rings. The zero-order valence-electron chi connectivity index (χ0n) is 17.6. The summed E-state index contributed by atoms with van der Waals surface area (Å²) in [6, 6.07) is 15.3. The minimum absolute atomic E-state index is 0.0963. The molecule has 0 aliphatic heterocycles. The number of carbonyl (C=O) groups is 1. The van der Waals surface area contributed by atoms with Crippen molar-refractivity contribution in [3.63, 3.8) is 0 Å². The molecule has 6 nitrogen and oxygen atoms in total. The summed E-state index contributed by atoms with van der Waals surface area (Å²) < 4.78 is 3.52. The van der Waals surface area contributed by atoms with Gasteiger partial charge in [-0.05, 0) is 36.6 Å². The van der Waals surface area contributed by atoms with Crippen LogP contribution in [-0.4, -0.2) is 20.3 Å². The van der Waals surface area contributed by atoms with E-state index < -0.39 is 0 Å². The molecule has 6 heteroatoms. The van der Waals surface area contributed by atoms with Crippen molar-refractivity contribution in [1.29, 1.82) is 0 Å². The average molecular weight is 402 g/mol. The van der Waals surface area contributed by atoms with E-state index in [-0.39, 0.29) is 17.9 Å². The van der Waals surface area contributed by atoms with Gasteiger partial charge in [-0.1, -0.05) is 38.1 Å². The number of nitrogens with zero attached hydrogens (tertiary/aromatic N) is 3. The number of aryl methyl sites for hydroxylation is 2. The van der Waals surface area contributed by atoms with Gasteiger partial charge in [0.1, 0.15) is 0 Å². The summed E-state index contributed by atoms with van der Waals surface area (Å²) in [5.74, 6) is 0.475. The number of aromatic nitrogens is 3. The van der Waals surface area contributed by atoms with Gasteiger partial charge in [0.2, 0.25) is 5.91 Å².